The minimum atomic E-state index is -2.32. The summed E-state index contributed by atoms with van der Waals surface area (Å²) in [5.74, 6) is -7.76. The summed E-state index contributed by atoms with van der Waals surface area (Å²) in [6.07, 6.45) is 2.20. The summed E-state index contributed by atoms with van der Waals surface area (Å²) in [5.41, 5.74) is 6.60. The average molecular weight is 597 g/mol. The van der Waals surface area contributed by atoms with E-state index in [0.29, 0.717) is 33.8 Å². The first-order chi connectivity index (χ1) is 20.2. The van der Waals surface area contributed by atoms with Gasteiger partial charge >= 0.3 is 0 Å². The smallest absolute Gasteiger partial charge is 0.262 e. The zero-order valence-electron chi connectivity index (χ0n) is 21.7. The van der Waals surface area contributed by atoms with Crippen molar-refractivity contribution < 1.29 is 31.6 Å². The molecule has 14 heteroatoms. The Hall–Kier alpha value is -4.69. The van der Waals surface area contributed by atoms with E-state index in [4.69, 9.17) is 10.5 Å². The fourth-order valence-electron chi connectivity index (χ4n) is 4.76. The van der Waals surface area contributed by atoms with Crippen molar-refractivity contribution in [1.29, 1.82) is 0 Å². The van der Waals surface area contributed by atoms with Gasteiger partial charge in [-0.2, -0.15) is 9.49 Å². The summed E-state index contributed by atoms with van der Waals surface area (Å²) in [4.78, 5) is 21.5. The van der Waals surface area contributed by atoms with Crippen LogP contribution < -0.4 is 10.5 Å². The zero-order valence-corrected chi connectivity index (χ0v) is 22.5. The second-order valence-electron chi connectivity index (χ2n) is 9.47. The number of carbonyl (C=O) groups is 1. The van der Waals surface area contributed by atoms with Crippen molar-refractivity contribution in [2.45, 2.75) is 10.9 Å². The minimum absolute atomic E-state index is 0.0569. The van der Waals surface area contributed by atoms with Gasteiger partial charge in [0, 0.05) is 18.7 Å². The van der Waals surface area contributed by atoms with Crippen molar-refractivity contribution in [1.82, 2.24) is 24.6 Å². The zero-order chi connectivity index (χ0) is 29.7. The van der Waals surface area contributed by atoms with Crippen LogP contribution in [0.25, 0.3) is 22.3 Å². The van der Waals surface area contributed by atoms with E-state index in [1.165, 1.54) is 6.33 Å². The van der Waals surface area contributed by atoms with Crippen LogP contribution in [0.5, 0.6) is 11.5 Å². The maximum Gasteiger partial charge on any atom is 0.262 e. The topological polar surface area (TPSA) is 122 Å². The number of fused-ring (bicyclic) bond motifs is 1. The maximum atomic E-state index is 14.6. The highest BCUT2D eigenvalue weighted by molar-refractivity contribution is 7.90. The summed E-state index contributed by atoms with van der Waals surface area (Å²) < 4.78 is 76.2. The van der Waals surface area contributed by atoms with E-state index in [2.05, 4.69) is 15.1 Å². The van der Waals surface area contributed by atoms with Gasteiger partial charge in [-0.1, -0.05) is 18.2 Å². The van der Waals surface area contributed by atoms with Crippen LogP contribution in [0.3, 0.4) is 0 Å². The Balaban J connectivity index is 1.29. The Morgan fingerprint density at radius 2 is 1.60 bits per heavy atom. The molecule has 3 aromatic carbocycles. The number of hydrogen-bond acceptors (Lipinski definition) is 7. The Kier molecular flexibility index (Phi) is 6.94. The second-order valence-corrected chi connectivity index (χ2v) is 10.8. The lowest BCUT2D eigenvalue weighted by molar-refractivity contribution is 0.0496. The second kappa shape index (κ2) is 10.6. The molecule has 0 aliphatic carbocycles. The molecular weight excluding hydrogens is 576 g/mol. The number of amides is 1. The number of aromatic nitrogens is 4. The normalized spacial score (nSPS) is 14.2. The number of nitrogens with two attached hydrogens (primary N) is 1. The molecule has 0 radical (unpaired) electrons. The van der Waals surface area contributed by atoms with E-state index in [1.54, 1.807) is 28.9 Å². The molecule has 2 N–H and O–H groups in total. The Labute approximate surface area is 238 Å². The monoisotopic (exact) mass is 596 g/mol. The standard InChI is InChI=1S/C28H20F4N6O3S/c1-42(40)25-18(20(29)21(30)22(31)23(25)32)28(39)37-11-15(12-37)38-27-19(26(33)34-13-35-27)24(36-38)14-7-9-17(10-8-14)41-16-5-3-2-4-6-16/h2-10,13,15H,11-12H2,1H3,(H2,33,34,35)/t42-/m0/s1. The van der Waals surface area contributed by atoms with Gasteiger partial charge in [-0.15, -0.1) is 0 Å². The van der Waals surface area contributed by atoms with Crippen molar-refractivity contribution in [2.24, 2.45) is 0 Å². The van der Waals surface area contributed by atoms with E-state index in [1.807, 2.05) is 30.3 Å². The van der Waals surface area contributed by atoms with Crippen molar-refractivity contribution in [3.05, 3.63) is 89.8 Å². The molecule has 1 saturated heterocycles. The van der Waals surface area contributed by atoms with Crippen LogP contribution in [0.1, 0.15) is 16.4 Å². The number of benzene rings is 3. The number of nitrogens with zero attached hydrogens (tertiary/aromatic N) is 5. The van der Waals surface area contributed by atoms with Crippen molar-refractivity contribution >= 4 is 33.9 Å². The Bertz CT molecular complexity index is 1830. The number of ether oxygens (including phenoxy) is 1. The minimum Gasteiger partial charge on any atom is -0.612 e. The van der Waals surface area contributed by atoms with E-state index in [0.717, 1.165) is 11.2 Å². The molecule has 3 heterocycles. The number of anilines is 1. The van der Waals surface area contributed by atoms with Crippen LogP contribution >= 0.6 is 0 Å². The highest BCUT2D eigenvalue weighted by atomic mass is 32.2. The molecule has 214 valence electrons. The van der Waals surface area contributed by atoms with Gasteiger partial charge in [0.15, 0.2) is 17.3 Å². The molecular formula is C28H20F4N6O3S. The third-order valence-corrected chi connectivity index (χ3v) is 7.80. The van der Waals surface area contributed by atoms with E-state index < -0.39 is 56.9 Å². The molecule has 1 amide bonds. The van der Waals surface area contributed by atoms with Gasteiger partial charge in [-0.05, 0) is 47.6 Å². The van der Waals surface area contributed by atoms with E-state index in [-0.39, 0.29) is 18.9 Å². The van der Waals surface area contributed by atoms with Crippen molar-refractivity contribution in [2.75, 3.05) is 25.1 Å². The molecule has 0 spiro atoms. The summed E-state index contributed by atoms with van der Waals surface area (Å²) in [6, 6.07) is 15.9. The van der Waals surface area contributed by atoms with Gasteiger partial charge in [-0.3, -0.25) is 4.79 Å². The van der Waals surface area contributed by atoms with Crippen LogP contribution in [-0.2, 0) is 11.2 Å². The Morgan fingerprint density at radius 1 is 0.952 bits per heavy atom. The first kappa shape index (κ1) is 27.5. The molecule has 9 nitrogen and oxygen atoms in total. The molecule has 2 aromatic heterocycles. The molecule has 1 atom stereocenters. The largest absolute Gasteiger partial charge is 0.612 e. The molecule has 42 heavy (non-hydrogen) atoms. The van der Waals surface area contributed by atoms with Gasteiger partial charge in [0.2, 0.25) is 16.5 Å². The fourth-order valence-corrected chi connectivity index (χ4v) is 5.57. The fraction of sp³-hybridized carbons (Fsp3) is 0.143. The molecule has 6 rings (SSSR count). The lowest BCUT2D eigenvalue weighted by Gasteiger charge is -2.39. The number of para-hydroxylation sites is 1. The maximum absolute atomic E-state index is 14.6. The number of halogens is 4. The van der Waals surface area contributed by atoms with Crippen LogP contribution in [0.2, 0.25) is 0 Å². The third-order valence-electron chi connectivity index (χ3n) is 6.85. The summed E-state index contributed by atoms with van der Waals surface area (Å²) >= 11 is -2.32. The number of rotatable bonds is 6. The van der Waals surface area contributed by atoms with Gasteiger partial charge in [0.05, 0.1) is 11.4 Å². The molecule has 5 aromatic rings. The predicted molar refractivity (Wildman–Crippen MR) is 145 cm³/mol. The highest BCUT2D eigenvalue weighted by Crippen LogP contribution is 2.36. The van der Waals surface area contributed by atoms with Gasteiger partial charge in [0.1, 0.15) is 41.2 Å². The van der Waals surface area contributed by atoms with Crippen LogP contribution in [0.4, 0.5) is 23.4 Å². The number of likely N-dealkylation sites (tertiary alicyclic amines) is 1. The quantitative estimate of drug-likeness (QED) is 0.129. The van der Waals surface area contributed by atoms with E-state index >= 15 is 0 Å². The summed E-state index contributed by atoms with van der Waals surface area (Å²) in [7, 11) is 0. The summed E-state index contributed by atoms with van der Waals surface area (Å²) in [6.45, 7) is -0.114. The number of hydrogen-bond donors (Lipinski definition) is 1. The number of carbonyl (C=O) groups excluding carboxylic acids is 1. The molecule has 1 aliphatic rings. The molecule has 0 unspecified atom stereocenters. The lowest BCUT2D eigenvalue weighted by atomic mass is 10.1. The number of nitrogen functional groups attached to an aromatic ring is 1. The molecule has 1 fully saturated rings. The summed E-state index contributed by atoms with van der Waals surface area (Å²) in [5, 5.41) is 5.16. The van der Waals surface area contributed by atoms with Gasteiger partial charge in [0.25, 0.3) is 5.91 Å². The molecule has 0 bridgehead atoms. The van der Waals surface area contributed by atoms with Gasteiger partial charge in [-0.25, -0.2) is 27.8 Å². The average Bonchev–Trinajstić information content (AvgIpc) is 3.34. The molecule has 1 aliphatic heterocycles. The van der Waals surface area contributed by atoms with Crippen molar-refractivity contribution in [3.63, 3.8) is 0 Å². The SMILES string of the molecule is C[S@+]([O-])c1c(F)c(F)c(F)c(F)c1C(=O)N1CC(n2nc(-c3ccc(Oc4ccccc4)cc3)c3c(N)ncnc32)C1. The predicted octanol–water partition coefficient (Wildman–Crippen LogP) is 4.86. The van der Waals surface area contributed by atoms with Crippen molar-refractivity contribution in [3.8, 4) is 22.8 Å². The Morgan fingerprint density at radius 3 is 2.26 bits per heavy atom. The van der Waals surface area contributed by atoms with Gasteiger partial charge < -0.3 is 19.9 Å². The van der Waals surface area contributed by atoms with Crippen LogP contribution in [-0.4, -0.2) is 54.5 Å². The first-order valence-electron chi connectivity index (χ1n) is 12.5. The molecule has 0 saturated carbocycles. The lowest BCUT2D eigenvalue weighted by Crippen LogP contribution is -2.51. The first-order valence-corrected chi connectivity index (χ1v) is 14.0. The van der Waals surface area contributed by atoms with E-state index in [9.17, 15) is 26.9 Å². The third kappa shape index (κ3) is 4.58. The van der Waals surface area contributed by atoms with Crippen LogP contribution in [0, 0.1) is 23.3 Å². The van der Waals surface area contributed by atoms with Crippen LogP contribution in [0.15, 0.2) is 65.8 Å². The highest BCUT2D eigenvalue weighted by Gasteiger charge is 2.41.